The van der Waals surface area contributed by atoms with E-state index in [2.05, 4.69) is 40.2 Å². The third-order valence-corrected chi connectivity index (χ3v) is 5.90. The fourth-order valence-corrected chi connectivity index (χ4v) is 4.21. The van der Waals surface area contributed by atoms with Gasteiger partial charge in [0.15, 0.2) is 0 Å². The van der Waals surface area contributed by atoms with Crippen LogP contribution in [0.25, 0.3) is 11.1 Å². The molecule has 2 aromatic carbocycles. The van der Waals surface area contributed by atoms with Crippen LogP contribution in [0.15, 0.2) is 60.8 Å². The number of hydrogen-bond donors (Lipinski definition) is 1. The second-order valence-electron chi connectivity index (χ2n) is 8.23. The van der Waals surface area contributed by atoms with Gasteiger partial charge in [-0.05, 0) is 49.1 Å². The molecule has 6 nitrogen and oxygen atoms in total. The number of carbonyl (C=O) groups is 1. The van der Waals surface area contributed by atoms with Gasteiger partial charge in [-0.2, -0.15) is 0 Å². The quantitative estimate of drug-likeness (QED) is 0.637. The molecule has 6 heteroatoms. The van der Waals surface area contributed by atoms with E-state index in [0.29, 0.717) is 11.5 Å². The Labute approximate surface area is 183 Å². The molecule has 1 amide bonds. The number of likely N-dealkylation sites (tertiary alicyclic amines) is 1. The third kappa shape index (κ3) is 4.75. The second kappa shape index (κ2) is 9.27. The predicted molar refractivity (Wildman–Crippen MR) is 124 cm³/mol. The van der Waals surface area contributed by atoms with E-state index in [1.807, 2.05) is 37.3 Å². The van der Waals surface area contributed by atoms with Crippen LogP contribution in [-0.2, 0) is 6.42 Å². The summed E-state index contributed by atoms with van der Waals surface area (Å²) in [4.78, 5) is 25.5. The largest absolute Gasteiger partial charge is 0.366 e. The van der Waals surface area contributed by atoms with Crippen LogP contribution >= 0.6 is 0 Å². The number of rotatable bonds is 7. The molecule has 1 aliphatic rings. The lowest BCUT2D eigenvalue weighted by Gasteiger charge is -2.26. The summed E-state index contributed by atoms with van der Waals surface area (Å²) in [5.41, 5.74) is 10.3. The summed E-state index contributed by atoms with van der Waals surface area (Å²) in [7, 11) is 3.92. The van der Waals surface area contributed by atoms with Crippen LogP contribution in [0.3, 0.4) is 0 Å². The zero-order valence-electron chi connectivity index (χ0n) is 18.2. The van der Waals surface area contributed by atoms with Crippen molar-refractivity contribution in [3.63, 3.8) is 0 Å². The number of benzene rings is 2. The average Bonchev–Trinajstić information content (AvgIpc) is 3.26. The summed E-state index contributed by atoms with van der Waals surface area (Å²) in [5.74, 6) is 0.288. The highest BCUT2D eigenvalue weighted by Gasteiger charge is 2.30. The van der Waals surface area contributed by atoms with Crippen LogP contribution in [0.1, 0.15) is 40.5 Å². The molecule has 2 N–H and O–H groups in total. The molecular formula is C25H29N5O. The summed E-state index contributed by atoms with van der Waals surface area (Å²) in [5, 5.41) is 0. The third-order valence-electron chi connectivity index (χ3n) is 5.90. The summed E-state index contributed by atoms with van der Waals surface area (Å²) >= 11 is 0. The molecule has 1 aromatic heterocycles. The lowest BCUT2D eigenvalue weighted by molar-refractivity contribution is 0.100. The average molecular weight is 416 g/mol. The second-order valence-corrected chi connectivity index (χ2v) is 8.23. The van der Waals surface area contributed by atoms with Gasteiger partial charge >= 0.3 is 0 Å². The Morgan fingerprint density at radius 1 is 1.13 bits per heavy atom. The molecule has 0 spiro atoms. The molecule has 0 aliphatic carbocycles. The normalized spacial score (nSPS) is 16.4. The first-order valence-electron chi connectivity index (χ1n) is 10.8. The number of amides is 1. The maximum Gasteiger partial charge on any atom is 0.248 e. The van der Waals surface area contributed by atoms with Gasteiger partial charge in [0.25, 0.3) is 0 Å². The van der Waals surface area contributed by atoms with Crippen molar-refractivity contribution in [1.29, 1.82) is 0 Å². The Balaban J connectivity index is 1.66. The van der Waals surface area contributed by atoms with Crippen molar-refractivity contribution in [3.8, 4) is 11.1 Å². The van der Waals surface area contributed by atoms with Crippen molar-refractivity contribution < 1.29 is 4.79 Å². The van der Waals surface area contributed by atoms with Crippen LogP contribution in [0.5, 0.6) is 0 Å². The summed E-state index contributed by atoms with van der Waals surface area (Å²) in [6, 6.07) is 18.3. The molecule has 160 valence electrons. The Kier molecular flexibility index (Phi) is 6.28. The first-order chi connectivity index (χ1) is 15.0. The Morgan fingerprint density at radius 2 is 1.87 bits per heavy atom. The van der Waals surface area contributed by atoms with Gasteiger partial charge in [0.2, 0.25) is 11.9 Å². The van der Waals surface area contributed by atoms with Crippen LogP contribution in [-0.4, -0.2) is 48.0 Å². The molecule has 1 aliphatic heterocycles. The first kappa shape index (κ1) is 21.0. The van der Waals surface area contributed by atoms with Crippen molar-refractivity contribution in [2.75, 3.05) is 32.1 Å². The number of aromatic nitrogens is 2. The lowest BCUT2D eigenvalue weighted by Crippen LogP contribution is -2.27. The van der Waals surface area contributed by atoms with Gasteiger partial charge in [-0.15, -0.1) is 0 Å². The zero-order chi connectivity index (χ0) is 21.8. The number of nitrogens with two attached hydrogens (primary N) is 1. The van der Waals surface area contributed by atoms with Crippen molar-refractivity contribution in [2.45, 2.75) is 25.3 Å². The molecule has 2 heterocycles. The molecule has 4 rings (SSSR count). The van der Waals surface area contributed by atoms with Crippen LogP contribution in [0, 0.1) is 0 Å². The van der Waals surface area contributed by atoms with Gasteiger partial charge in [-0.3, -0.25) is 9.69 Å². The maximum atomic E-state index is 11.5. The topological polar surface area (TPSA) is 75.4 Å². The molecule has 0 radical (unpaired) electrons. The van der Waals surface area contributed by atoms with Gasteiger partial charge in [0.1, 0.15) is 0 Å². The maximum absolute atomic E-state index is 11.5. The lowest BCUT2D eigenvalue weighted by atomic mass is 9.98. The fourth-order valence-electron chi connectivity index (χ4n) is 4.21. The molecule has 3 aromatic rings. The molecule has 1 saturated heterocycles. The van der Waals surface area contributed by atoms with Gasteiger partial charge in [-0.25, -0.2) is 9.97 Å². The summed E-state index contributed by atoms with van der Waals surface area (Å²) in [6.45, 7) is 2.06. The van der Waals surface area contributed by atoms with Gasteiger partial charge in [-0.1, -0.05) is 42.5 Å². The highest BCUT2D eigenvalue weighted by Crippen LogP contribution is 2.37. The first-order valence-corrected chi connectivity index (χ1v) is 10.8. The van der Waals surface area contributed by atoms with Crippen LogP contribution < -0.4 is 10.6 Å². The monoisotopic (exact) mass is 415 g/mol. The molecule has 31 heavy (non-hydrogen) atoms. The Hall–Kier alpha value is -3.25. The molecule has 1 fully saturated rings. The number of nitrogens with zero attached hydrogens (tertiary/aromatic N) is 4. The van der Waals surface area contributed by atoms with Crippen molar-refractivity contribution in [3.05, 3.63) is 77.6 Å². The highest BCUT2D eigenvalue weighted by atomic mass is 16.1. The number of hydrogen-bond acceptors (Lipinski definition) is 5. The van der Waals surface area contributed by atoms with Crippen LogP contribution in [0.2, 0.25) is 0 Å². The van der Waals surface area contributed by atoms with E-state index >= 15 is 0 Å². The zero-order valence-corrected chi connectivity index (χ0v) is 18.2. The number of anilines is 1. The van der Waals surface area contributed by atoms with Gasteiger partial charge in [0.05, 0.1) is 11.7 Å². The van der Waals surface area contributed by atoms with E-state index < -0.39 is 5.91 Å². The van der Waals surface area contributed by atoms with Crippen molar-refractivity contribution in [1.82, 2.24) is 14.9 Å². The predicted octanol–water partition coefficient (Wildman–Crippen LogP) is 3.69. The SMILES string of the molecule is CN(C)c1ncc(-c2ccc(C(N)=O)cc2)c([C@H]2CCCN2CCc2ccccc2)n1. The smallest absolute Gasteiger partial charge is 0.248 e. The molecule has 0 bridgehead atoms. The van der Waals surface area contributed by atoms with Crippen molar-refractivity contribution in [2.24, 2.45) is 5.73 Å². The van der Waals surface area contributed by atoms with Crippen molar-refractivity contribution >= 4 is 11.9 Å². The molecule has 1 atom stereocenters. The number of primary amides is 1. The van der Waals surface area contributed by atoms with Gasteiger partial charge < -0.3 is 10.6 Å². The van der Waals surface area contributed by atoms with Crippen LogP contribution in [0.4, 0.5) is 5.95 Å². The fraction of sp³-hybridized carbons (Fsp3) is 0.320. The highest BCUT2D eigenvalue weighted by molar-refractivity contribution is 5.93. The molecule has 0 saturated carbocycles. The van der Waals surface area contributed by atoms with Gasteiger partial charge in [0, 0.05) is 38.0 Å². The minimum absolute atomic E-state index is 0.247. The summed E-state index contributed by atoms with van der Waals surface area (Å²) < 4.78 is 0. The van der Waals surface area contributed by atoms with E-state index in [1.165, 1.54) is 5.56 Å². The Morgan fingerprint density at radius 3 is 2.55 bits per heavy atom. The van der Waals surface area contributed by atoms with E-state index in [4.69, 9.17) is 10.7 Å². The standard InChI is InChI=1S/C25H29N5O/c1-29(2)25-27-17-21(19-10-12-20(13-11-19)24(26)31)23(28-25)22-9-6-15-30(22)16-14-18-7-4-3-5-8-18/h3-5,7-8,10-13,17,22H,6,9,14-16H2,1-2H3,(H2,26,31)/t22-/m1/s1. The Bertz CT molecular complexity index is 1030. The minimum Gasteiger partial charge on any atom is -0.366 e. The van der Waals surface area contributed by atoms with E-state index in [0.717, 1.165) is 49.2 Å². The number of carbonyl (C=O) groups excluding carboxylic acids is 1. The summed E-state index contributed by atoms with van der Waals surface area (Å²) in [6.07, 6.45) is 5.15. The molecule has 0 unspecified atom stereocenters. The van der Waals surface area contributed by atoms with E-state index in [9.17, 15) is 4.79 Å². The van der Waals surface area contributed by atoms with E-state index in [1.54, 1.807) is 12.1 Å². The minimum atomic E-state index is -0.422. The molecular weight excluding hydrogens is 386 g/mol. The van der Waals surface area contributed by atoms with E-state index in [-0.39, 0.29) is 6.04 Å².